The van der Waals surface area contributed by atoms with Crippen LogP contribution in [0.1, 0.15) is 6.92 Å². The Morgan fingerprint density at radius 1 is 1.73 bits per heavy atom. The first-order valence-corrected chi connectivity index (χ1v) is 3.50. The van der Waals surface area contributed by atoms with Crippen molar-refractivity contribution in [2.45, 2.75) is 13.0 Å². The van der Waals surface area contributed by atoms with E-state index in [1.54, 1.807) is 19.3 Å². The van der Waals surface area contributed by atoms with E-state index in [1.165, 1.54) is 0 Å². The van der Waals surface area contributed by atoms with Crippen molar-refractivity contribution in [2.75, 3.05) is 7.05 Å². The summed E-state index contributed by atoms with van der Waals surface area (Å²) in [4.78, 5) is 0. The van der Waals surface area contributed by atoms with Crippen LogP contribution < -0.4 is 11.2 Å². The Hall–Kier alpha value is -1.09. The first kappa shape index (κ1) is 9.91. The van der Waals surface area contributed by atoms with Crippen LogP contribution >= 0.6 is 0 Å². The number of hydrogen-bond acceptors (Lipinski definition) is 3. The van der Waals surface area contributed by atoms with E-state index < -0.39 is 0 Å². The van der Waals surface area contributed by atoms with Crippen molar-refractivity contribution in [1.29, 1.82) is 0 Å². The van der Waals surface area contributed by atoms with Gasteiger partial charge in [0.15, 0.2) is 0 Å². The molecule has 0 saturated heterocycles. The Morgan fingerprint density at radius 2 is 2.36 bits per heavy atom. The van der Waals surface area contributed by atoms with Gasteiger partial charge in [0.05, 0.1) is 0 Å². The molecule has 0 bridgehead atoms. The second-order valence-corrected chi connectivity index (χ2v) is 2.16. The Balaban J connectivity index is 4.12. The first-order valence-electron chi connectivity index (χ1n) is 3.50. The van der Waals surface area contributed by atoms with E-state index >= 15 is 0 Å². The van der Waals surface area contributed by atoms with Gasteiger partial charge in [0.1, 0.15) is 0 Å². The zero-order valence-corrected chi connectivity index (χ0v) is 7.04. The molecule has 0 aliphatic rings. The Labute approximate surface area is 67.7 Å². The maximum Gasteiger partial charge on any atom is 0.0471 e. The fourth-order valence-corrected chi connectivity index (χ4v) is 0.604. The van der Waals surface area contributed by atoms with E-state index in [9.17, 15) is 0 Å². The van der Waals surface area contributed by atoms with Crippen LogP contribution in [0.25, 0.3) is 0 Å². The smallest absolute Gasteiger partial charge is 0.0471 e. The van der Waals surface area contributed by atoms with Gasteiger partial charge in [0.25, 0.3) is 0 Å². The van der Waals surface area contributed by atoms with Gasteiger partial charge in [-0.15, -0.1) is 0 Å². The summed E-state index contributed by atoms with van der Waals surface area (Å²) in [6.45, 7) is 5.53. The molecule has 1 unspecified atom stereocenters. The average molecular weight is 153 g/mol. The molecular formula is C8H15N3. The summed E-state index contributed by atoms with van der Waals surface area (Å²) in [5.74, 6) is 0. The van der Waals surface area contributed by atoms with Crippen LogP contribution in [-0.4, -0.2) is 19.3 Å². The molecule has 62 valence electrons. The van der Waals surface area contributed by atoms with Crippen LogP contribution in [0.5, 0.6) is 0 Å². The number of allylic oxidation sites excluding steroid dienone is 1. The highest BCUT2D eigenvalue weighted by atomic mass is 15.3. The molecule has 3 N–H and O–H groups in total. The second kappa shape index (κ2) is 5.68. The van der Waals surface area contributed by atoms with Crippen molar-refractivity contribution in [1.82, 2.24) is 5.43 Å². The van der Waals surface area contributed by atoms with Gasteiger partial charge in [-0.05, 0) is 18.6 Å². The van der Waals surface area contributed by atoms with Gasteiger partial charge in [-0.25, -0.2) is 0 Å². The molecule has 0 rings (SSSR count). The van der Waals surface area contributed by atoms with Gasteiger partial charge in [-0.2, -0.15) is 5.10 Å². The number of nitrogens with two attached hydrogens (primary N) is 1. The molecule has 1 atom stereocenters. The minimum Gasteiger partial charge on any atom is -0.324 e. The van der Waals surface area contributed by atoms with Gasteiger partial charge in [0.2, 0.25) is 0 Å². The summed E-state index contributed by atoms with van der Waals surface area (Å²) in [5, 5.41) is 3.79. The number of rotatable bonds is 4. The van der Waals surface area contributed by atoms with Gasteiger partial charge in [0, 0.05) is 19.3 Å². The van der Waals surface area contributed by atoms with Gasteiger partial charge < -0.3 is 11.2 Å². The number of hydrazone groups is 1. The molecule has 0 aromatic carbocycles. The van der Waals surface area contributed by atoms with E-state index in [4.69, 9.17) is 5.73 Å². The maximum absolute atomic E-state index is 5.61. The van der Waals surface area contributed by atoms with Gasteiger partial charge >= 0.3 is 0 Å². The Morgan fingerprint density at radius 3 is 2.73 bits per heavy atom. The lowest BCUT2D eigenvalue weighted by atomic mass is 10.1. The molecule has 3 nitrogen and oxygen atoms in total. The fraction of sp³-hybridized carbons (Fsp3) is 0.375. The summed E-state index contributed by atoms with van der Waals surface area (Å²) >= 11 is 0. The zero-order valence-electron chi connectivity index (χ0n) is 7.04. The molecule has 0 aliphatic carbocycles. The van der Waals surface area contributed by atoms with Crippen molar-refractivity contribution in [2.24, 2.45) is 10.8 Å². The Kier molecular flexibility index (Phi) is 5.11. The topological polar surface area (TPSA) is 50.4 Å². The van der Waals surface area contributed by atoms with Crippen molar-refractivity contribution in [3.8, 4) is 0 Å². The molecule has 0 spiro atoms. The normalized spacial score (nSPS) is 15.0. The minimum atomic E-state index is 0.0100. The van der Waals surface area contributed by atoms with Crippen LogP contribution in [0, 0.1) is 0 Å². The van der Waals surface area contributed by atoms with E-state index in [1.807, 2.05) is 13.0 Å². The van der Waals surface area contributed by atoms with Crippen molar-refractivity contribution in [3.05, 3.63) is 24.3 Å². The highest BCUT2D eigenvalue weighted by molar-refractivity contribution is 5.73. The summed E-state index contributed by atoms with van der Waals surface area (Å²) in [6.07, 6.45) is 5.21. The van der Waals surface area contributed by atoms with Crippen molar-refractivity contribution < 1.29 is 0 Å². The summed E-state index contributed by atoms with van der Waals surface area (Å²) in [7, 11) is 1.74. The predicted molar refractivity (Wildman–Crippen MR) is 49.5 cm³/mol. The standard InChI is InChI=1S/C8H15N3/c1-4-8(7(2)9)5-6-11-10-3/h4-7,10H,1,9H2,2-3H3/b8-5+,11-6-. The highest BCUT2D eigenvalue weighted by Crippen LogP contribution is 1.97. The lowest BCUT2D eigenvalue weighted by Gasteiger charge is -2.03. The molecule has 0 aromatic rings. The van der Waals surface area contributed by atoms with E-state index in [2.05, 4.69) is 17.1 Å². The van der Waals surface area contributed by atoms with Crippen LogP contribution in [0.2, 0.25) is 0 Å². The summed E-state index contributed by atoms with van der Waals surface area (Å²) in [6, 6.07) is 0.0100. The van der Waals surface area contributed by atoms with Crippen molar-refractivity contribution in [3.63, 3.8) is 0 Å². The second-order valence-electron chi connectivity index (χ2n) is 2.16. The van der Waals surface area contributed by atoms with Gasteiger partial charge in [-0.1, -0.05) is 12.7 Å². The zero-order chi connectivity index (χ0) is 8.69. The monoisotopic (exact) mass is 153 g/mol. The molecule has 0 fully saturated rings. The number of hydrogen-bond donors (Lipinski definition) is 2. The third-order valence-corrected chi connectivity index (χ3v) is 1.23. The number of nitrogens with zero attached hydrogens (tertiary/aromatic N) is 1. The molecule has 0 aliphatic heterocycles. The Bertz CT molecular complexity index is 168. The predicted octanol–water partition coefficient (Wildman–Crippen LogP) is 0.651. The van der Waals surface area contributed by atoms with Gasteiger partial charge in [-0.3, -0.25) is 0 Å². The lowest BCUT2D eigenvalue weighted by Crippen LogP contribution is -2.16. The molecule has 3 heteroatoms. The molecule has 0 amide bonds. The molecular weight excluding hydrogens is 138 g/mol. The van der Waals surface area contributed by atoms with Crippen LogP contribution in [0.4, 0.5) is 0 Å². The quantitative estimate of drug-likeness (QED) is 0.354. The van der Waals surface area contributed by atoms with Crippen molar-refractivity contribution >= 4 is 6.21 Å². The molecule has 0 heterocycles. The summed E-state index contributed by atoms with van der Waals surface area (Å²) < 4.78 is 0. The van der Waals surface area contributed by atoms with E-state index in [0.717, 1.165) is 5.57 Å². The molecule has 11 heavy (non-hydrogen) atoms. The summed E-state index contributed by atoms with van der Waals surface area (Å²) in [5.41, 5.74) is 9.22. The first-order chi connectivity index (χ1) is 5.22. The largest absolute Gasteiger partial charge is 0.324 e. The highest BCUT2D eigenvalue weighted by Gasteiger charge is 1.95. The average Bonchev–Trinajstić information content (AvgIpc) is 1.97. The SMILES string of the molecule is C=C/C(=C\C=N/NC)C(C)N. The van der Waals surface area contributed by atoms with Crippen LogP contribution in [0.15, 0.2) is 29.4 Å². The van der Waals surface area contributed by atoms with E-state index in [0.29, 0.717) is 0 Å². The fourth-order valence-electron chi connectivity index (χ4n) is 0.604. The molecule has 0 radical (unpaired) electrons. The molecule has 0 saturated carbocycles. The van der Waals surface area contributed by atoms with E-state index in [-0.39, 0.29) is 6.04 Å². The maximum atomic E-state index is 5.61. The molecule has 0 aromatic heterocycles. The third kappa shape index (κ3) is 4.33. The lowest BCUT2D eigenvalue weighted by molar-refractivity contribution is 0.884. The third-order valence-electron chi connectivity index (χ3n) is 1.23. The number of nitrogens with one attached hydrogen (secondary N) is 1. The minimum absolute atomic E-state index is 0.0100. The van der Waals surface area contributed by atoms with Crippen LogP contribution in [0.3, 0.4) is 0 Å². The van der Waals surface area contributed by atoms with Crippen LogP contribution in [-0.2, 0) is 0 Å².